The zero-order valence-corrected chi connectivity index (χ0v) is 14.6. The minimum atomic E-state index is -0.895. The van der Waals surface area contributed by atoms with E-state index in [1.54, 1.807) is 6.07 Å². The lowest BCUT2D eigenvalue weighted by Crippen LogP contribution is -2.41. The van der Waals surface area contributed by atoms with Gasteiger partial charge in [0.25, 0.3) is 17.2 Å². The van der Waals surface area contributed by atoms with Crippen LogP contribution in [-0.2, 0) is 0 Å². The van der Waals surface area contributed by atoms with Crippen molar-refractivity contribution in [1.82, 2.24) is 14.3 Å². The van der Waals surface area contributed by atoms with Gasteiger partial charge in [-0.05, 0) is 30.3 Å². The van der Waals surface area contributed by atoms with E-state index in [0.717, 1.165) is 16.8 Å². The van der Waals surface area contributed by atoms with E-state index in [1.807, 2.05) is 0 Å². The second-order valence-corrected chi connectivity index (χ2v) is 6.38. The SMILES string of the molecule is NC(=O)c1cc2cc(Cl)ccc2n1-n1c(=O)[nH]c2cc([N+](=O)[O-])ccc2c1=O. The summed E-state index contributed by atoms with van der Waals surface area (Å²) in [5.41, 5.74) is 3.72. The number of amides is 1. The summed E-state index contributed by atoms with van der Waals surface area (Å²) >= 11 is 5.97. The van der Waals surface area contributed by atoms with Crippen molar-refractivity contribution < 1.29 is 9.72 Å². The lowest BCUT2D eigenvalue weighted by molar-refractivity contribution is -0.384. The first kappa shape index (κ1) is 17.5. The molecule has 0 radical (unpaired) electrons. The van der Waals surface area contributed by atoms with Gasteiger partial charge >= 0.3 is 5.69 Å². The van der Waals surface area contributed by atoms with Gasteiger partial charge in [-0.3, -0.25) is 19.7 Å². The number of carbonyl (C=O) groups is 1. The van der Waals surface area contributed by atoms with E-state index in [1.165, 1.54) is 24.3 Å². The van der Waals surface area contributed by atoms with Crippen molar-refractivity contribution in [2.75, 3.05) is 0 Å². The van der Waals surface area contributed by atoms with E-state index in [-0.39, 0.29) is 22.3 Å². The van der Waals surface area contributed by atoms with E-state index in [4.69, 9.17) is 17.3 Å². The predicted molar refractivity (Wildman–Crippen MR) is 102 cm³/mol. The summed E-state index contributed by atoms with van der Waals surface area (Å²) < 4.78 is 1.81. The molecule has 4 rings (SSSR count). The van der Waals surface area contributed by atoms with Crippen molar-refractivity contribution in [2.24, 2.45) is 5.73 Å². The molecule has 2 heterocycles. The Morgan fingerprint density at radius 3 is 2.54 bits per heavy atom. The molecule has 0 fully saturated rings. The number of halogens is 1. The van der Waals surface area contributed by atoms with Crippen LogP contribution in [0.1, 0.15) is 10.5 Å². The van der Waals surface area contributed by atoms with Crippen LogP contribution in [0.15, 0.2) is 52.1 Å². The van der Waals surface area contributed by atoms with Crippen LogP contribution in [-0.4, -0.2) is 25.2 Å². The molecule has 0 unspecified atom stereocenters. The fourth-order valence-electron chi connectivity index (χ4n) is 3.05. The average Bonchev–Trinajstić information content (AvgIpc) is 2.99. The number of nitro groups is 1. The maximum Gasteiger partial charge on any atom is 0.348 e. The standard InChI is InChI=1S/C17H10ClN5O5/c18-9-1-4-13-8(5-9)6-14(15(19)24)21(13)22-16(25)11-3-2-10(23(27)28)7-12(11)20-17(22)26/h1-7H,(H2,19,24)(H,20,26). The Hall–Kier alpha value is -3.92. The van der Waals surface area contributed by atoms with Crippen molar-refractivity contribution >= 4 is 45.0 Å². The molecule has 0 bridgehead atoms. The van der Waals surface area contributed by atoms with E-state index >= 15 is 0 Å². The van der Waals surface area contributed by atoms with Crippen molar-refractivity contribution in [2.45, 2.75) is 0 Å². The highest BCUT2D eigenvalue weighted by molar-refractivity contribution is 6.31. The third kappa shape index (κ3) is 2.55. The summed E-state index contributed by atoms with van der Waals surface area (Å²) in [6.07, 6.45) is 0. The first-order chi connectivity index (χ1) is 13.3. The maximum atomic E-state index is 13.0. The number of H-pyrrole nitrogens is 1. The molecule has 28 heavy (non-hydrogen) atoms. The van der Waals surface area contributed by atoms with Crippen LogP contribution >= 0.6 is 11.6 Å². The number of carbonyl (C=O) groups excluding carboxylic acids is 1. The number of primary amides is 1. The number of fused-ring (bicyclic) bond motifs is 2. The number of nitro benzene ring substituents is 1. The van der Waals surface area contributed by atoms with E-state index < -0.39 is 22.1 Å². The van der Waals surface area contributed by atoms with Gasteiger partial charge in [-0.25, -0.2) is 9.47 Å². The normalized spacial score (nSPS) is 11.2. The van der Waals surface area contributed by atoms with Gasteiger partial charge in [0.15, 0.2) is 0 Å². The third-order valence-electron chi connectivity index (χ3n) is 4.26. The maximum absolute atomic E-state index is 13.0. The first-order valence-electron chi connectivity index (χ1n) is 7.83. The number of aromatic nitrogens is 3. The molecule has 0 aliphatic rings. The fraction of sp³-hybridized carbons (Fsp3) is 0. The predicted octanol–water partition coefficient (Wildman–Crippen LogP) is 1.62. The number of nitrogens with zero attached hydrogens (tertiary/aromatic N) is 3. The van der Waals surface area contributed by atoms with E-state index in [2.05, 4.69) is 4.98 Å². The number of hydrogen-bond donors (Lipinski definition) is 2. The summed E-state index contributed by atoms with van der Waals surface area (Å²) in [5, 5.41) is 11.8. The van der Waals surface area contributed by atoms with Crippen molar-refractivity contribution in [1.29, 1.82) is 0 Å². The molecule has 2 aromatic heterocycles. The van der Waals surface area contributed by atoms with Gasteiger partial charge in [0, 0.05) is 22.5 Å². The highest BCUT2D eigenvalue weighted by atomic mass is 35.5. The molecule has 140 valence electrons. The van der Waals surface area contributed by atoms with Gasteiger partial charge in [0.2, 0.25) is 0 Å². The molecular formula is C17H10ClN5O5. The van der Waals surface area contributed by atoms with Crippen LogP contribution < -0.4 is 17.0 Å². The Labute approximate surface area is 159 Å². The summed E-state index contributed by atoms with van der Waals surface area (Å²) in [4.78, 5) is 50.3. The summed E-state index contributed by atoms with van der Waals surface area (Å²) in [6.45, 7) is 0. The number of rotatable bonds is 3. The molecule has 0 saturated carbocycles. The number of aromatic amines is 1. The molecule has 0 spiro atoms. The molecule has 0 aliphatic heterocycles. The van der Waals surface area contributed by atoms with Gasteiger partial charge in [-0.1, -0.05) is 11.6 Å². The molecule has 4 aromatic rings. The Morgan fingerprint density at radius 2 is 1.86 bits per heavy atom. The summed E-state index contributed by atoms with van der Waals surface area (Å²) in [5.74, 6) is -0.859. The van der Waals surface area contributed by atoms with Crippen molar-refractivity contribution in [3.8, 4) is 0 Å². The zero-order chi connectivity index (χ0) is 20.2. The molecule has 1 amide bonds. The van der Waals surface area contributed by atoms with Gasteiger partial charge in [0.05, 0.1) is 21.3 Å². The topological polar surface area (TPSA) is 146 Å². The van der Waals surface area contributed by atoms with Crippen LogP contribution in [0.4, 0.5) is 5.69 Å². The average molecular weight is 400 g/mol. The highest BCUT2D eigenvalue weighted by Crippen LogP contribution is 2.23. The monoisotopic (exact) mass is 399 g/mol. The molecule has 3 N–H and O–H groups in total. The van der Waals surface area contributed by atoms with Crippen LogP contribution in [0.2, 0.25) is 5.02 Å². The van der Waals surface area contributed by atoms with Gasteiger partial charge in [0.1, 0.15) is 5.69 Å². The molecule has 0 aliphatic carbocycles. The van der Waals surface area contributed by atoms with Crippen LogP contribution in [0.5, 0.6) is 0 Å². The second kappa shape index (κ2) is 6.06. The largest absolute Gasteiger partial charge is 0.364 e. The quantitative estimate of drug-likeness (QED) is 0.397. The molecule has 0 atom stereocenters. The number of benzene rings is 2. The Balaban J connectivity index is 2.13. The Kier molecular flexibility index (Phi) is 3.79. The number of nitrogens with one attached hydrogen (secondary N) is 1. The number of hydrogen-bond acceptors (Lipinski definition) is 5. The van der Waals surface area contributed by atoms with Crippen LogP contribution in [0, 0.1) is 10.1 Å². The summed E-state index contributed by atoms with van der Waals surface area (Å²) in [7, 11) is 0. The smallest absolute Gasteiger partial charge is 0.348 e. The minimum Gasteiger partial charge on any atom is -0.364 e. The lowest BCUT2D eigenvalue weighted by atomic mass is 10.2. The molecule has 0 saturated heterocycles. The molecular weight excluding hydrogens is 390 g/mol. The molecule has 2 aromatic carbocycles. The van der Waals surface area contributed by atoms with Crippen LogP contribution in [0.25, 0.3) is 21.8 Å². The van der Waals surface area contributed by atoms with Crippen molar-refractivity contribution in [3.05, 3.63) is 84.1 Å². The first-order valence-corrected chi connectivity index (χ1v) is 8.20. The van der Waals surface area contributed by atoms with E-state index in [0.29, 0.717) is 20.6 Å². The number of nitrogens with two attached hydrogens (primary N) is 1. The lowest BCUT2D eigenvalue weighted by Gasteiger charge is -2.11. The zero-order valence-electron chi connectivity index (χ0n) is 13.9. The Bertz CT molecular complexity index is 1430. The fourth-order valence-corrected chi connectivity index (χ4v) is 3.24. The second-order valence-electron chi connectivity index (χ2n) is 5.94. The van der Waals surface area contributed by atoms with Crippen molar-refractivity contribution in [3.63, 3.8) is 0 Å². The number of non-ortho nitro benzene ring substituents is 1. The van der Waals surface area contributed by atoms with Crippen LogP contribution in [0.3, 0.4) is 0 Å². The highest BCUT2D eigenvalue weighted by Gasteiger charge is 2.20. The third-order valence-corrected chi connectivity index (χ3v) is 4.50. The molecule has 11 heteroatoms. The summed E-state index contributed by atoms with van der Waals surface area (Å²) in [6, 6.07) is 9.51. The minimum absolute atomic E-state index is 0.000538. The molecule has 10 nitrogen and oxygen atoms in total. The Morgan fingerprint density at radius 1 is 1.11 bits per heavy atom. The van der Waals surface area contributed by atoms with Gasteiger partial charge in [-0.2, -0.15) is 4.68 Å². The van der Waals surface area contributed by atoms with Gasteiger partial charge in [-0.15, -0.1) is 0 Å². The van der Waals surface area contributed by atoms with E-state index in [9.17, 15) is 24.5 Å². The van der Waals surface area contributed by atoms with Gasteiger partial charge < -0.3 is 10.7 Å².